The summed E-state index contributed by atoms with van der Waals surface area (Å²) in [5.41, 5.74) is 0. The maximum absolute atomic E-state index is 8.52. The van der Waals surface area contributed by atoms with Gasteiger partial charge in [-0.05, 0) is 48.0 Å². The molecular weight excluding hydrogens is 290 g/mol. The maximum atomic E-state index is 8.52. The Morgan fingerprint density at radius 1 is 1.50 bits per heavy atom. The summed E-state index contributed by atoms with van der Waals surface area (Å²) in [7, 11) is 0. The Balaban J connectivity index is 2.09. The first-order valence-electron chi connectivity index (χ1n) is 5.41. The van der Waals surface area contributed by atoms with Crippen molar-refractivity contribution >= 4 is 27.3 Å². The van der Waals surface area contributed by atoms with Gasteiger partial charge in [0.05, 0.1) is 17.0 Å². The highest BCUT2D eigenvalue weighted by Crippen LogP contribution is 2.26. The predicted octanol–water partition coefficient (Wildman–Crippen LogP) is 2.56. The highest BCUT2D eigenvalue weighted by Gasteiger charge is 2.06. The van der Waals surface area contributed by atoms with E-state index in [0.29, 0.717) is 19.3 Å². The van der Waals surface area contributed by atoms with Crippen molar-refractivity contribution in [2.75, 3.05) is 26.4 Å². The summed E-state index contributed by atoms with van der Waals surface area (Å²) in [5.74, 6) is 0. The summed E-state index contributed by atoms with van der Waals surface area (Å²) in [6.07, 6.45) is 0.969. The van der Waals surface area contributed by atoms with Crippen LogP contribution in [0.1, 0.15) is 24.3 Å². The van der Waals surface area contributed by atoms with E-state index < -0.39 is 0 Å². The molecular formula is C11H18BrNO2S. The van der Waals surface area contributed by atoms with Crippen molar-refractivity contribution in [3.63, 3.8) is 0 Å². The van der Waals surface area contributed by atoms with Crippen molar-refractivity contribution in [1.82, 2.24) is 5.32 Å². The van der Waals surface area contributed by atoms with E-state index in [0.717, 1.165) is 13.0 Å². The third-order valence-electron chi connectivity index (χ3n) is 2.17. The second kappa shape index (κ2) is 8.20. The van der Waals surface area contributed by atoms with Crippen molar-refractivity contribution in [2.24, 2.45) is 0 Å². The average molecular weight is 308 g/mol. The zero-order valence-corrected chi connectivity index (χ0v) is 11.8. The zero-order valence-electron chi connectivity index (χ0n) is 9.41. The van der Waals surface area contributed by atoms with Gasteiger partial charge in [0.2, 0.25) is 0 Å². The highest BCUT2D eigenvalue weighted by atomic mass is 79.9. The minimum atomic E-state index is 0.104. The quantitative estimate of drug-likeness (QED) is 0.725. The number of ether oxygens (including phenoxy) is 1. The minimum absolute atomic E-state index is 0.104. The maximum Gasteiger partial charge on any atom is 0.0701 e. The van der Waals surface area contributed by atoms with E-state index in [4.69, 9.17) is 9.84 Å². The molecule has 1 unspecified atom stereocenters. The van der Waals surface area contributed by atoms with Crippen LogP contribution in [0.3, 0.4) is 0 Å². The fraction of sp³-hybridized carbons (Fsp3) is 0.636. The molecule has 1 aromatic heterocycles. The molecule has 0 aliphatic heterocycles. The molecule has 1 heterocycles. The van der Waals surface area contributed by atoms with Gasteiger partial charge in [-0.1, -0.05) is 0 Å². The molecule has 0 fully saturated rings. The van der Waals surface area contributed by atoms with E-state index in [-0.39, 0.29) is 6.61 Å². The molecule has 16 heavy (non-hydrogen) atoms. The fourth-order valence-electron chi connectivity index (χ4n) is 1.32. The van der Waals surface area contributed by atoms with E-state index in [1.807, 2.05) is 0 Å². The van der Waals surface area contributed by atoms with Crippen LogP contribution in [0.25, 0.3) is 0 Å². The van der Waals surface area contributed by atoms with Crippen LogP contribution in [-0.2, 0) is 4.74 Å². The van der Waals surface area contributed by atoms with Gasteiger partial charge in [-0.2, -0.15) is 0 Å². The standard InChI is InChI=1S/C11H18BrNO2S/c1-9(10-3-4-11(12)16-10)13-5-2-7-15-8-6-14/h3-4,9,13-14H,2,5-8H2,1H3. The predicted molar refractivity (Wildman–Crippen MR) is 71.0 cm³/mol. The van der Waals surface area contributed by atoms with Crippen LogP contribution in [0.15, 0.2) is 15.9 Å². The van der Waals surface area contributed by atoms with E-state index in [2.05, 4.69) is 40.3 Å². The van der Waals surface area contributed by atoms with Crippen LogP contribution in [0.2, 0.25) is 0 Å². The lowest BCUT2D eigenvalue weighted by Gasteiger charge is -2.11. The Bertz CT molecular complexity index is 293. The monoisotopic (exact) mass is 307 g/mol. The Morgan fingerprint density at radius 3 is 2.94 bits per heavy atom. The molecule has 0 radical (unpaired) electrons. The number of nitrogens with one attached hydrogen (secondary N) is 1. The zero-order chi connectivity index (χ0) is 11.8. The summed E-state index contributed by atoms with van der Waals surface area (Å²) < 4.78 is 6.35. The van der Waals surface area contributed by atoms with Crippen molar-refractivity contribution in [3.05, 3.63) is 20.8 Å². The molecule has 5 heteroatoms. The van der Waals surface area contributed by atoms with Crippen LogP contribution < -0.4 is 5.32 Å². The van der Waals surface area contributed by atoms with Crippen molar-refractivity contribution in [1.29, 1.82) is 0 Å². The van der Waals surface area contributed by atoms with Crippen LogP contribution in [-0.4, -0.2) is 31.5 Å². The van der Waals surface area contributed by atoms with Crippen LogP contribution in [0, 0.1) is 0 Å². The van der Waals surface area contributed by atoms with E-state index >= 15 is 0 Å². The molecule has 1 rings (SSSR count). The first kappa shape index (κ1) is 14.1. The molecule has 0 saturated carbocycles. The Kier molecular flexibility index (Phi) is 7.23. The molecule has 0 amide bonds. The number of hydrogen-bond acceptors (Lipinski definition) is 4. The van der Waals surface area contributed by atoms with E-state index in [1.165, 1.54) is 8.66 Å². The number of aliphatic hydroxyl groups excluding tert-OH is 1. The second-order valence-electron chi connectivity index (χ2n) is 3.51. The molecule has 0 saturated heterocycles. The molecule has 2 N–H and O–H groups in total. The Hall–Kier alpha value is 0.0600. The molecule has 92 valence electrons. The van der Waals surface area contributed by atoms with Crippen LogP contribution in [0.4, 0.5) is 0 Å². The summed E-state index contributed by atoms with van der Waals surface area (Å²) in [6.45, 7) is 4.34. The fourth-order valence-corrected chi connectivity index (χ4v) is 2.77. The van der Waals surface area contributed by atoms with Gasteiger partial charge in [0.1, 0.15) is 0 Å². The normalized spacial score (nSPS) is 12.9. The highest BCUT2D eigenvalue weighted by molar-refractivity contribution is 9.11. The molecule has 1 atom stereocenters. The van der Waals surface area contributed by atoms with Gasteiger partial charge in [0.25, 0.3) is 0 Å². The first-order chi connectivity index (χ1) is 7.74. The van der Waals surface area contributed by atoms with Crippen molar-refractivity contribution < 1.29 is 9.84 Å². The first-order valence-corrected chi connectivity index (χ1v) is 7.02. The molecule has 0 bridgehead atoms. The number of thiophene rings is 1. The van der Waals surface area contributed by atoms with Crippen LogP contribution >= 0.6 is 27.3 Å². The Morgan fingerprint density at radius 2 is 2.31 bits per heavy atom. The lowest BCUT2D eigenvalue weighted by Crippen LogP contribution is -2.20. The lowest BCUT2D eigenvalue weighted by molar-refractivity contribution is 0.0905. The number of hydrogen-bond donors (Lipinski definition) is 2. The SMILES string of the molecule is CC(NCCCOCCO)c1ccc(Br)s1. The number of aliphatic hydroxyl groups is 1. The molecule has 3 nitrogen and oxygen atoms in total. The molecule has 0 aromatic carbocycles. The van der Waals surface area contributed by atoms with E-state index in [9.17, 15) is 0 Å². The topological polar surface area (TPSA) is 41.5 Å². The summed E-state index contributed by atoms with van der Waals surface area (Å²) in [5, 5.41) is 12.0. The van der Waals surface area contributed by atoms with Gasteiger partial charge in [-0.15, -0.1) is 11.3 Å². The van der Waals surface area contributed by atoms with Gasteiger partial charge in [-0.25, -0.2) is 0 Å². The molecule has 0 spiro atoms. The van der Waals surface area contributed by atoms with Gasteiger partial charge >= 0.3 is 0 Å². The lowest BCUT2D eigenvalue weighted by atomic mass is 10.2. The molecule has 0 aliphatic rings. The molecule has 0 aliphatic carbocycles. The summed E-state index contributed by atoms with van der Waals surface area (Å²) in [4.78, 5) is 1.34. The average Bonchev–Trinajstić information content (AvgIpc) is 2.70. The summed E-state index contributed by atoms with van der Waals surface area (Å²) in [6, 6.07) is 4.59. The summed E-state index contributed by atoms with van der Waals surface area (Å²) >= 11 is 5.22. The van der Waals surface area contributed by atoms with Crippen LogP contribution in [0.5, 0.6) is 0 Å². The van der Waals surface area contributed by atoms with Gasteiger partial charge < -0.3 is 15.2 Å². The van der Waals surface area contributed by atoms with Gasteiger partial charge in [0.15, 0.2) is 0 Å². The third kappa shape index (κ3) is 5.41. The number of halogens is 1. The van der Waals surface area contributed by atoms with E-state index in [1.54, 1.807) is 11.3 Å². The number of rotatable bonds is 8. The van der Waals surface area contributed by atoms with Gasteiger partial charge in [0, 0.05) is 17.5 Å². The third-order valence-corrected chi connectivity index (χ3v) is 3.98. The second-order valence-corrected chi connectivity index (χ2v) is 6.00. The van der Waals surface area contributed by atoms with Gasteiger partial charge in [-0.3, -0.25) is 0 Å². The Labute approximate surface area is 109 Å². The van der Waals surface area contributed by atoms with Crippen molar-refractivity contribution in [3.8, 4) is 0 Å². The molecule has 1 aromatic rings. The smallest absolute Gasteiger partial charge is 0.0701 e. The largest absolute Gasteiger partial charge is 0.394 e. The van der Waals surface area contributed by atoms with Crippen molar-refractivity contribution in [2.45, 2.75) is 19.4 Å². The minimum Gasteiger partial charge on any atom is -0.394 e.